The van der Waals surface area contributed by atoms with Gasteiger partial charge in [0, 0.05) is 6.07 Å². The smallest absolute Gasteiger partial charge is 0.246 e. The van der Waals surface area contributed by atoms with Crippen molar-refractivity contribution < 1.29 is 14.3 Å². The Morgan fingerprint density at radius 1 is 1.38 bits per heavy atom. The van der Waals surface area contributed by atoms with Crippen LogP contribution in [0, 0.1) is 0 Å². The van der Waals surface area contributed by atoms with Crippen LogP contribution in [0.1, 0.15) is 32.4 Å². The zero-order chi connectivity index (χ0) is 15.4. The Bertz CT molecular complexity index is 533. The Balaban J connectivity index is 2.18. The molecule has 2 atom stereocenters. The van der Waals surface area contributed by atoms with E-state index in [1.807, 2.05) is 19.1 Å². The third-order valence-electron chi connectivity index (χ3n) is 3.64. The molecule has 2 unspecified atom stereocenters. The van der Waals surface area contributed by atoms with Crippen LogP contribution >= 0.6 is 0 Å². The maximum absolute atomic E-state index is 12.5. The Kier molecular flexibility index (Phi) is 4.77. The Morgan fingerprint density at radius 3 is 2.81 bits per heavy atom. The van der Waals surface area contributed by atoms with Gasteiger partial charge >= 0.3 is 0 Å². The number of hydrogen-bond donors (Lipinski definition) is 1. The molecule has 1 aliphatic rings. The van der Waals surface area contributed by atoms with E-state index in [0.717, 1.165) is 6.42 Å². The average molecular weight is 291 g/mol. The van der Waals surface area contributed by atoms with Gasteiger partial charge in [0.1, 0.15) is 12.1 Å². The van der Waals surface area contributed by atoms with E-state index in [1.165, 1.54) is 0 Å². The maximum Gasteiger partial charge on any atom is 0.246 e. The van der Waals surface area contributed by atoms with Gasteiger partial charge in [0.25, 0.3) is 0 Å². The number of hydrogen-bond acceptors (Lipinski definition) is 4. The largest absolute Gasteiger partial charge is 0.481 e. The predicted molar refractivity (Wildman–Crippen MR) is 77.6 cm³/mol. The number of methoxy groups -OCH3 is 1. The van der Waals surface area contributed by atoms with Crippen molar-refractivity contribution in [2.45, 2.75) is 45.3 Å². The van der Waals surface area contributed by atoms with Crippen molar-refractivity contribution in [3.63, 3.8) is 0 Å². The standard InChI is InChI=1S/C15H21N3O3/c1-4-6-12-15(20)18(10(2)14(19)17-12)9-11-7-5-8-13(16-11)21-3/h5,7-8,10,12H,4,6,9H2,1-3H3,(H,17,19). The van der Waals surface area contributed by atoms with Gasteiger partial charge in [0.2, 0.25) is 17.7 Å². The van der Waals surface area contributed by atoms with Gasteiger partial charge in [0.05, 0.1) is 19.3 Å². The molecule has 6 nitrogen and oxygen atoms in total. The van der Waals surface area contributed by atoms with Crippen molar-refractivity contribution in [2.75, 3.05) is 7.11 Å². The number of pyridine rings is 1. The monoisotopic (exact) mass is 291 g/mol. The molecule has 0 radical (unpaired) electrons. The highest BCUT2D eigenvalue weighted by molar-refractivity contribution is 5.96. The molecule has 1 fully saturated rings. The van der Waals surface area contributed by atoms with Crippen LogP contribution in [0.25, 0.3) is 0 Å². The first-order valence-corrected chi connectivity index (χ1v) is 7.17. The fraction of sp³-hybridized carbons (Fsp3) is 0.533. The van der Waals surface area contributed by atoms with Gasteiger partial charge in [0.15, 0.2) is 0 Å². The summed E-state index contributed by atoms with van der Waals surface area (Å²) in [5.74, 6) is 0.337. The van der Waals surface area contributed by atoms with E-state index in [4.69, 9.17) is 4.74 Å². The molecule has 21 heavy (non-hydrogen) atoms. The lowest BCUT2D eigenvalue weighted by atomic mass is 10.0. The van der Waals surface area contributed by atoms with Crippen LogP contribution < -0.4 is 10.1 Å². The van der Waals surface area contributed by atoms with Gasteiger partial charge < -0.3 is 15.0 Å². The molecule has 2 rings (SSSR count). The van der Waals surface area contributed by atoms with E-state index in [-0.39, 0.29) is 11.8 Å². The van der Waals surface area contributed by atoms with Gasteiger partial charge in [-0.2, -0.15) is 0 Å². The number of carbonyl (C=O) groups excluding carboxylic acids is 2. The lowest BCUT2D eigenvalue weighted by Crippen LogP contribution is -2.61. The molecule has 2 heterocycles. The van der Waals surface area contributed by atoms with E-state index in [1.54, 1.807) is 25.0 Å². The lowest BCUT2D eigenvalue weighted by molar-refractivity contribution is -0.149. The molecule has 1 N–H and O–H groups in total. The number of nitrogens with one attached hydrogen (secondary N) is 1. The molecule has 0 aliphatic carbocycles. The van der Waals surface area contributed by atoms with E-state index in [2.05, 4.69) is 10.3 Å². The number of aromatic nitrogens is 1. The van der Waals surface area contributed by atoms with E-state index in [9.17, 15) is 9.59 Å². The van der Waals surface area contributed by atoms with E-state index >= 15 is 0 Å². The van der Waals surface area contributed by atoms with Gasteiger partial charge in [-0.1, -0.05) is 19.4 Å². The van der Waals surface area contributed by atoms with Crippen LogP contribution in [0.15, 0.2) is 18.2 Å². The van der Waals surface area contributed by atoms with Gasteiger partial charge in [-0.3, -0.25) is 9.59 Å². The summed E-state index contributed by atoms with van der Waals surface area (Å²) in [6.07, 6.45) is 1.50. The second kappa shape index (κ2) is 6.56. The molecule has 0 spiro atoms. The number of rotatable bonds is 5. The third kappa shape index (κ3) is 3.32. The minimum atomic E-state index is -0.487. The maximum atomic E-state index is 12.5. The van der Waals surface area contributed by atoms with Crippen molar-refractivity contribution in [3.8, 4) is 5.88 Å². The summed E-state index contributed by atoms with van der Waals surface area (Å²) in [6, 6.07) is 4.48. The summed E-state index contributed by atoms with van der Waals surface area (Å²) in [6.45, 7) is 4.03. The van der Waals surface area contributed by atoms with Crippen LogP contribution in [0.4, 0.5) is 0 Å². The van der Waals surface area contributed by atoms with E-state index in [0.29, 0.717) is 24.5 Å². The zero-order valence-electron chi connectivity index (χ0n) is 12.6. The second-order valence-electron chi connectivity index (χ2n) is 5.16. The third-order valence-corrected chi connectivity index (χ3v) is 3.64. The first-order valence-electron chi connectivity index (χ1n) is 7.17. The number of piperazine rings is 1. The summed E-state index contributed by atoms with van der Waals surface area (Å²) in [7, 11) is 1.55. The summed E-state index contributed by atoms with van der Waals surface area (Å²) in [5, 5.41) is 2.78. The highest BCUT2D eigenvalue weighted by Gasteiger charge is 2.37. The fourth-order valence-corrected chi connectivity index (χ4v) is 2.42. The van der Waals surface area contributed by atoms with Crippen molar-refractivity contribution >= 4 is 11.8 Å². The quantitative estimate of drug-likeness (QED) is 0.882. The molecule has 0 saturated carbocycles. The van der Waals surface area contributed by atoms with Gasteiger partial charge in [-0.05, 0) is 19.4 Å². The molecule has 1 aromatic rings. The topological polar surface area (TPSA) is 71.5 Å². The number of carbonyl (C=O) groups is 2. The molecule has 1 aromatic heterocycles. The first kappa shape index (κ1) is 15.3. The zero-order valence-corrected chi connectivity index (χ0v) is 12.6. The lowest BCUT2D eigenvalue weighted by Gasteiger charge is -2.37. The Labute approximate surface area is 124 Å². The second-order valence-corrected chi connectivity index (χ2v) is 5.16. The molecule has 2 amide bonds. The predicted octanol–water partition coefficient (Wildman–Crippen LogP) is 1.11. The molecule has 0 aromatic carbocycles. The highest BCUT2D eigenvalue weighted by Crippen LogP contribution is 2.17. The minimum Gasteiger partial charge on any atom is -0.481 e. The van der Waals surface area contributed by atoms with Crippen LogP contribution in [-0.4, -0.2) is 40.9 Å². The molecule has 6 heteroatoms. The molecular formula is C15H21N3O3. The molecule has 114 valence electrons. The van der Waals surface area contributed by atoms with Crippen LogP contribution in [0.5, 0.6) is 5.88 Å². The van der Waals surface area contributed by atoms with Crippen LogP contribution in [0.3, 0.4) is 0 Å². The van der Waals surface area contributed by atoms with Gasteiger partial charge in [-0.15, -0.1) is 0 Å². The first-order chi connectivity index (χ1) is 10.1. The number of amides is 2. The summed E-state index contributed by atoms with van der Waals surface area (Å²) in [5.41, 5.74) is 0.708. The average Bonchev–Trinajstić information content (AvgIpc) is 2.49. The van der Waals surface area contributed by atoms with Crippen LogP contribution in [0.2, 0.25) is 0 Å². The van der Waals surface area contributed by atoms with E-state index < -0.39 is 12.1 Å². The normalized spacial score (nSPS) is 22.1. The molecular weight excluding hydrogens is 270 g/mol. The Hall–Kier alpha value is -2.11. The molecule has 1 saturated heterocycles. The fourth-order valence-electron chi connectivity index (χ4n) is 2.42. The van der Waals surface area contributed by atoms with Gasteiger partial charge in [-0.25, -0.2) is 4.98 Å². The Morgan fingerprint density at radius 2 is 2.14 bits per heavy atom. The molecule has 0 bridgehead atoms. The number of nitrogens with zero attached hydrogens (tertiary/aromatic N) is 2. The minimum absolute atomic E-state index is 0.0476. The summed E-state index contributed by atoms with van der Waals surface area (Å²) in [4.78, 5) is 30.4. The SMILES string of the molecule is CCCC1NC(=O)C(C)N(Cc2cccc(OC)n2)C1=O. The van der Waals surface area contributed by atoms with Crippen molar-refractivity contribution in [2.24, 2.45) is 0 Å². The van der Waals surface area contributed by atoms with Crippen LogP contribution in [-0.2, 0) is 16.1 Å². The highest BCUT2D eigenvalue weighted by atomic mass is 16.5. The van der Waals surface area contributed by atoms with Crippen molar-refractivity contribution in [3.05, 3.63) is 23.9 Å². The summed E-state index contributed by atoms with van der Waals surface area (Å²) >= 11 is 0. The number of ether oxygens (including phenoxy) is 1. The molecule has 1 aliphatic heterocycles. The summed E-state index contributed by atoms with van der Waals surface area (Å²) < 4.78 is 5.08. The van der Waals surface area contributed by atoms with Crippen molar-refractivity contribution in [1.82, 2.24) is 15.2 Å². The van der Waals surface area contributed by atoms with Crippen molar-refractivity contribution in [1.29, 1.82) is 0 Å².